The molecule has 0 unspecified atom stereocenters. The minimum atomic E-state index is -0.329. The average molecular weight is 315 g/mol. The molecular formula is C18H18FNO3. The monoisotopic (exact) mass is 315 g/mol. The Hall–Kier alpha value is -2.56. The molecule has 0 radical (unpaired) electrons. The summed E-state index contributed by atoms with van der Waals surface area (Å²) < 4.78 is 24.2. The van der Waals surface area contributed by atoms with E-state index in [4.69, 9.17) is 9.47 Å². The number of nitrogens with zero attached hydrogens (tertiary/aromatic N) is 1. The van der Waals surface area contributed by atoms with E-state index in [1.165, 1.54) is 12.1 Å². The van der Waals surface area contributed by atoms with Gasteiger partial charge in [0.25, 0.3) is 0 Å². The summed E-state index contributed by atoms with van der Waals surface area (Å²) in [6.07, 6.45) is 0.179. The van der Waals surface area contributed by atoms with Gasteiger partial charge in [-0.3, -0.25) is 4.79 Å². The number of likely N-dealkylation sites (N-methyl/N-ethyl adjacent to an activating group) is 1. The van der Waals surface area contributed by atoms with Crippen molar-refractivity contribution in [3.63, 3.8) is 0 Å². The van der Waals surface area contributed by atoms with Crippen LogP contribution in [0, 0.1) is 5.82 Å². The predicted molar refractivity (Wildman–Crippen MR) is 84.0 cm³/mol. The molecule has 3 rings (SSSR count). The summed E-state index contributed by atoms with van der Waals surface area (Å²) in [4.78, 5) is 13.9. The zero-order chi connectivity index (χ0) is 16.2. The average Bonchev–Trinajstić information content (AvgIpc) is 2.54. The first kappa shape index (κ1) is 15.3. The van der Waals surface area contributed by atoms with E-state index in [9.17, 15) is 9.18 Å². The minimum absolute atomic E-state index is 0.0644. The zero-order valence-corrected chi connectivity index (χ0v) is 12.9. The summed E-state index contributed by atoms with van der Waals surface area (Å²) in [6, 6.07) is 11.8. The first-order valence-corrected chi connectivity index (χ1v) is 7.49. The highest BCUT2D eigenvalue weighted by Crippen LogP contribution is 2.31. The van der Waals surface area contributed by atoms with Crippen LogP contribution in [0.3, 0.4) is 0 Å². The van der Waals surface area contributed by atoms with Gasteiger partial charge in [0.15, 0.2) is 11.5 Å². The number of hydrogen-bond acceptors (Lipinski definition) is 3. The van der Waals surface area contributed by atoms with Crippen molar-refractivity contribution in [3.05, 3.63) is 59.4 Å². The molecule has 1 amide bonds. The van der Waals surface area contributed by atoms with Crippen LogP contribution in [0.5, 0.6) is 11.5 Å². The van der Waals surface area contributed by atoms with Crippen LogP contribution in [0.25, 0.3) is 0 Å². The summed E-state index contributed by atoms with van der Waals surface area (Å²) in [5.74, 6) is 1.05. The summed E-state index contributed by atoms with van der Waals surface area (Å²) in [6.45, 7) is 1.55. The van der Waals surface area contributed by atoms with Crippen molar-refractivity contribution in [2.24, 2.45) is 0 Å². The summed E-state index contributed by atoms with van der Waals surface area (Å²) in [5.41, 5.74) is 1.63. The molecule has 0 spiro atoms. The Labute approximate surface area is 134 Å². The molecule has 23 heavy (non-hydrogen) atoms. The number of benzene rings is 2. The number of rotatable bonds is 4. The van der Waals surface area contributed by atoms with Gasteiger partial charge in [0.2, 0.25) is 5.91 Å². The van der Waals surface area contributed by atoms with Gasteiger partial charge in [0.05, 0.1) is 6.42 Å². The van der Waals surface area contributed by atoms with E-state index in [0.29, 0.717) is 31.1 Å². The fraction of sp³-hybridized carbons (Fsp3) is 0.278. The number of ether oxygens (including phenoxy) is 2. The lowest BCUT2D eigenvalue weighted by molar-refractivity contribution is -0.129. The lowest BCUT2D eigenvalue weighted by Crippen LogP contribution is -2.27. The third-order valence-electron chi connectivity index (χ3n) is 3.70. The van der Waals surface area contributed by atoms with Crippen molar-refractivity contribution in [2.75, 3.05) is 20.3 Å². The van der Waals surface area contributed by atoms with Crippen molar-refractivity contribution in [1.29, 1.82) is 0 Å². The number of carbonyl (C=O) groups excluding carboxylic acids is 1. The Morgan fingerprint density at radius 1 is 1.09 bits per heavy atom. The van der Waals surface area contributed by atoms with E-state index in [1.807, 2.05) is 18.2 Å². The maximum Gasteiger partial charge on any atom is 0.227 e. The van der Waals surface area contributed by atoms with Crippen molar-refractivity contribution >= 4 is 5.91 Å². The van der Waals surface area contributed by atoms with Gasteiger partial charge in [0, 0.05) is 13.6 Å². The van der Waals surface area contributed by atoms with E-state index in [0.717, 1.165) is 11.3 Å². The van der Waals surface area contributed by atoms with E-state index in [2.05, 4.69) is 0 Å². The van der Waals surface area contributed by atoms with Crippen LogP contribution >= 0.6 is 0 Å². The number of carbonyl (C=O) groups is 1. The SMILES string of the molecule is CN(Cc1ccc2c(c1)OCCO2)C(=O)Cc1cccc(F)c1. The van der Waals surface area contributed by atoms with E-state index < -0.39 is 0 Å². The molecule has 2 aromatic rings. The lowest BCUT2D eigenvalue weighted by Gasteiger charge is -2.21. The van der Waals surface area contributed by atoms with Crippen molar-refractivity contribution < 1.29 is 18.7 Å². The molecule has 0 atom stereocenters. The van der Waals surface area contributed by atoms with Crippen LogP contribution in [0.4, 0.5) is 4.39 Å². The number of halogens is 1. The number of amides is 1. The minimum Gasteiger partial charge on any atom is -0.486 e. The topological polar surface area (TPSA) is 38.8 Å². The van der Waals surface area contributed by atoms with Gasteiger partial charge in [-0.25, -0.2) is 4.39 Å². The first-order valence-electron chi connectivity index (χ1n) is 7.49. The van der Waals surface area contributed by atoms with Crippen LogP contribution < -0.4 is 9.47 Å². The molecule has 1 heterocycles. The summed E-state index contributed by atoms with van der Waals surface area (Å²) >= 11 is 0. The van der Waals surface area contributed by atoms with Gasteiger partial charge in [0.1, 0.15) is 19.0 Å². The molecule has 0 N–H and O–H groups in total. The van der Waals surface area contributed by atoms with Crippen molar-refractivity contribution in [1.82, 2.24) is 4.90 Å². The molecule has 1 aliphatic heterocycles. The van der Waals surface area contributed by atoms with Gasteiger partial charge < -0.3 is 14.4 Å². The molecule has 0 fully saturated rings. The second-order valence-corrected chi connectivity index (χ2v) is 5.53. The highest BCUT2D eigenvalue weighted by Gasteiger charge is 2.14. The Kier molecular flexibility index (Phi) is 4.46. The fourth-order valence-electron chi connectivity index (χ4n) is 2.50. The Bertz CT molecular complexity index is 717. The first-order chi connectivity index (χ1) is 11.1. The van der Waals surface area contributed by atoms with Crippen molar-refractivity contribution in [3.8, 4) is 11.5 Å². The molecule has 0 bridgehead atoms. The maximum atomic E-state index is 13.2. The van der Waals surface area contributed by atoms with Crippen molar-refractivity contribution in [2.45, 2.75) is 13.0 Å². The van der Waals surface area contributed by atoms with Crippen LogP contribution in [-0.4, -0.2) is 31.1 Å². The summed E-state index contributed by atoms with van der Waals surface area (Å²) in [5, 5.41) is 0. The number of fused-ring (bicyclic) bond motifs is 1. The van der Waals surface area contributed by atoms with E-state index in [1.54, 1.807) is 24.1 Å². The molecule has 0 aromatic heterocycles. The highest BCUT2D eigenvalue weighted by atomic mass is 19.1. The van der Waals surface area contributed by atoms with E-state index in [-0.39, 0.29) is 18.1 Å². The molecule has 2 aromatic carbocycles. The maximum absolute atomic E-state index is 13.2. The highest BCUT2D eigenvalue weighted by molar-refractivity contribution is 5.78. The van der Waals surface area contributed by atoms with Gasteiger partial charge in [-0.1, -0.05) is 18.2 Å². The predicted octanol–water partition coefficient (Wildman–Crippen LogP) is 2.80. The van der Waals surface area contributed by atoms with E-state index >= 15 is 0 Å². The van der Waals surface area contributed by atoms with Crippen LogP contribution in [0.2, 0.25) is 0 Å². The molecule has 120 valence electrons. The molecule has 0 saturated carbocycles. The molecule has 4 nitrogen and oxygen atoms in total. The molecule has 0 aliphatic carbocycles. The third-order valence-corrected chi connectivity index (χ3v) is 3.70. The van der Waals surface area contributed by atoms with Crippen LogP contribution in [0.15, 0.2) is 42.5 Å². The van der Waals surface area contributed by atoms with Gasteiger partial charge in [-0.05, 0) is 35.4 Å². The van der Waals surface area contributed by atoms with Gasteiger partial charge in [-0.15, -0.1) is 0 Å². The molecule has 5 heteroatoms. The number of hydrogen-bond donors (Lipinski definition) is 0. The molecule has 1 aliphatic rings. The van der Waals surface area contributed by atoms with Crippen LogP contribution in [0.1, 0.15) is 11.1 Å². The second kappa shape index (κ2) is 6.69. The largest absolute Gasteiger partial charge is 0.486 e. The second-order valence-electron chi connectivity index (χ2n) is 5.53. The van der Waals surface area contributed by atoms with Crippen LogP contribution in [-0.2, 0) is 17.8 Å². The van der Waals surface area contributed by atoms with Gasteiger partial charge >= 0.3 is 0 Å². The smallest absolute Gasteiger partial charge is 0.227 e. The fourth-order valence-corrected chi connectivity index (χ4v) is 2.50. The third kappa shape index (κ3) is 3.80. The van der Waals surface area contributed by atoms with Gasteiger partial charge in [-0.2, -0.15) is 0 Å². The standard InChI is InChI=1S/C18H18FNO3/c1-20(18(21)11-13-3-2-4-15(19)9-13)12-14-5-6-16-17(10-14)23-8-7-22-16/h2-6,9-10H,7-8,11-12H2,1H3. The zero-order valence-electron chi connectivity index (χ0n) is 12.9. The molecular weight excluding hydrogens is 297 g/mol. The summed E-state index contributed by atoms with van der Waals surface area (Å²) in [7, 11) is 1.73. The Morgan fingerprint density at radius 2 is 1.87 bits per heavy atom. The Morgan fingerprint density at radius 3 is 2.65 bits per heavy atom. The normalized spacial score (nSPS) is 12.8. The Balaban J connectivity index is 1.64. The molecule has 0 saturated heterocycles. The lowest BCUT2D eigenvalue weighted by atomic mass is 10.1. The quantitative estimate of drug-likeness (QED) is 0.871.